The number of hydrogen-bond donors (Lipinski definition) is 0. The van der Waals surface area contributed by atoms with Crippen LogP contribution in [0.4, 0.5) is 5.82 Å². The van der Waals surface area contributed by atoms with Crippen LogP contribution in [0, 0.1) is 6.92 Å². The SMILES string of the molecule is COC(=O)c1ccc(CC2(C)CN(S(=O)(=O)c3ccc(C)cc3)c3ncccc32)cc1. The molecule has 3 aromatic rings. The number of carbonyl (C=O) groups is 1. The Labute approximate surface area is 182 Å². The molecule has 1 unspecified atom stereocenters. The van der Waals surface area contributed by atoms with E-state index in [1.165, 1.54) is 11.4 Å². The van der Waals surface area contributed by atoms with Crippen molar-refractivity contribution in [3.8, 4) is 0 Å². The first kappa shape index (κ1) is 21.1. The van der Waals surface area contributed by atoms with Crippen LogP contribution in [0.2, 0.25) is 0 Å². The van der Waals surface area contributed by atoms with Gasteiger partial charge < -0.3 is 4.74 Å². The number of fused-ring (bicyclic) bond motifs is 1. The molecule has 1 aromatic heterocycles. The summed E-state index contributed by atoms with van der Waals surface area (Å²) >= 11 is 0. The first-order valence-electron chi connectivity index (χ1n) is 9.97. The number of carbonyl (C=O) groups excluding carboxylic acids is 1. The van der Waals surface area contributed by atoms with E-state index in [9.17, 15) is 13.2 Å². The van der Waals surface area contributed by atoms with Gasteiger partial charge in [-0.2, -0.15) is 0 Å². The average molecular weight is 437 g/mol. The van der Waals surface area contributed by atoms with E-state index in [4.69, 9.17) is 4.74 Å². The fourth-order valence-corrected chi connectivity index (χ4v) is 5.62. The molecule has 4 rings (SSSR count). The number of ether oxygens (including phenoxy) is 1. The van der Waals surface area contributed by atoms with Crippen molar-refractivity contribution in [1.29, 1.82) is 0 Å². The normalized spacial score (nSPS) is 18.0. The number of aryl methyl sites for hydroxylation is 1. The molecule has 0 fully saturated rings. The fourth-order valence-electron chi connectivity index (χ4n) is 4.06. The summed E-state index contributed by atoms with van der Waals surface area (Å²) in [5, 5.41) is 0. The van der Waals surface area contributed by atoms with Crippen LogP contribution in [0.25, 0.3) is 0 Å². The predicted octanol–water partition coefficient (Wildman–Crippen LogP) is 3.89. The summed E-state index contributed by atoms with van der Waals surface area (Å²) in [5.41, 5.74) is 2.91. The van der Waals surface area contributed by atoms with Gasteiger partial charge in [-0.15, -0.1) is 0 Å². The zero-order chi connectivity index (χ0) is 22.2. The number of anilines is 1. The van der Waals surface area contributed by atoms with Crippen molar-refractivity contribution in [2.24, 2.45) is 0 Å². The lowest BCUT2D eigenvalue weighted by Crippen LogP contribution is -2.36. The second-order valence-electron chi connectivity index (χ2n) is 8.13. The van der Waals surface area contributed by atoms with E-state index >= 15 is 0 Å². The van der Waals surface area contributed by atoms with Crippen molar-refractivity contribution < 1.29 is 17.9 Å². The van der Waals surface area contributed by atoms with E-state index in [1.807, 2.05) is 38.1 Å². The molecule has 2 heterocycles. The summed E-state index contributed by atoms with van der Waals surface area (Å²) in [6.07, 6.45) is 2.22. The number of pyridine rings is 1. The highest BCUT2D eigenvalue weighted by atomic mass is 32.2. The molecule has 0 aliphatic carbocycles. The molecule has 0 radical (unpaired) electrons. The lowest BCUT2D eigenvalue weighted by atomic mass is 9.79. The van der Waals surface area contributed by atoms with Crippen LogP contribution < -0.4 is 4.31 Å². The second-order valence-corrected chi connectivity index (χ2v) is 9.99. The molecule has 1 aliphatic rings. The lowest BCUT2D eigenvalue weighted by Gasteiger charge is -2.26. The first-order valence-corrected chi connectivity index (χ1v) is 11.4. The smallest absolute Gasteiger partial charge is 0.337 e. The van der Waals surface area contributed by atoms with Gasteiger partial charge in [0, 0.05) is 23.7 Å². The monoisotopic (exact) mass is 436 g/mol. The zero-order valence-corrected chi connectivity index (χ0v) is 18.5. The molecule has 31 heavy (non-hydrogen) atoms. The number of hydrogen-bond acceptors (Lipinski definition) is 5. The van der Waals surface area contributed by atoms with Crippen LogP contribution in [0.3, 0.4) is 0 Å². The summed E-state index contributed by atoms with van der Waals surface area (Å²) in [6.45, 7) is 4.26. The van der Waals surface area contributed by atoms with Gasteiger partial charge >= 0.3 is 5.97 Å². The number of aromatic nitrogens is 1. The van der Waals surface area contributed by atoms with Gasteiger partial charge in [0.15, 0.2) is 0 Å². The van der Waals surface area contributed by atoms with E-state index in [0.29, 0.717) is 17.8 Å². The van der Waals surface area contributed by atoms with Crippen molar-refractivity contribution in [3.63, 3.8) is 0 Å². The molecule has 0 saturated carbocycles. The van der Waals surface area contributed by atoms with Gasteiger partial charge in [0.2, 0.25) is 0 Å². The third-order valence-electron chi connectivity index (χ3n) is 5.74. The van der Waals surface area contributed by atoms with E-state index in [1.54, 1.807) is 42.6 Å². The summed E-state index contributed by atoms with van der Waals surface area (Å²) in [5.74, 6) is 0.0836. The van der Waals surface area contributed by atoms with Crippen molar-refractivity contribution >= 4 is 21.8 Å². The highest BCUT2D eigenvalue weighted by molar-refractivity contribution is 7.92. The minimum Gasteiger partial charge on any atom is -0.465 e. The molecule has 1 aliphatic heterocycles. The van der Waals surface area contributed by atoms with Crippen LogP contribution in [0.1, 0.15) is 34.0 Å². The van der Waals surface area contributed by atoms with E-state index in [-0.39, 0.29) is 17.4 Å². The minimum atomic E-state index is -3.74. The van der Waals surface area contributed by atoms with Crippen LogP contribution >= 0.6 is 0 Å². The zero-order valence-electron chi connectivity index (χ0n) is 17.7. The maximum absolute atomic E-state index is 13.4. The third kappa shape index (κ3) is 3.81. The highest BCUT2D eigenvalue weighted by Crippen LogP contribution is 2.43. The Bertz CT molecular complexity index is 1220. The van der Waals surface area contributed by atoms with Gasteiger partial charge in [-0.3, -0.25) is 0 Å². The molecule has 1 atom stereocenters. The number of methoxy groups -OCH3 is 1. The Balaban J connectivity index is 1.69. The fraction of sp³-hybridized carbons (Fsp3) is 0.250. The van der Waals surface area contributed by atoms with E-state index < -0.39 is 15.4 Å². The van der Waals surface area contributed by atoms with Crippen molar-refractivity contribution in [1.82, 2.24) is 4.98 Å². The Hall–Kier alpha value is -3.19. The topological polar surface area (TPSA) is 76.6 Å². The molecular formula is C24H24N2O4S. The predicted molar refractivity (Wildman–Crippen MR) is 119 cm³/mol. The molecule has 0 bridgehead atoms. The van der Waals surface area contributed by atoms with Crippen LogP contribution in [-0.2, 0) is 26.6 Å². The molecule has 160 valence electrons. The van der Waals surface area contributed by atoms with Gasteiger partial charge in [-0.05, 0) is 49.2 Å². The summed E-state index contributed by atoms with van der Waals surface area (Å²) in [4.78, 5) is 16.4. The number of nitrogens with zero attached hydrogens (tertiary/aromatic N) is 2. The number of sulfonamides is 1. The second kappa shape index (κ2) is 7.81. The van der Waals surface area contributed by atoms with Crippen molar-refractivity contribution in [2.45, 2.75) is 30.6 Å². The van der Waals surface area contributed by atoms with Crippen LogP contribution in [-0.4, -0.2) is 33.0 Å². The number of benzene rings is 2. The Morgan fingerprint density at radius 3 is 2.42 bits per heavy atom. The standard InChI is InChI=1S/C24H24N2O4S/c1-17-6-12-20(13-7-17)31(28,29)26-16-24(2,21-5-4-14-25-22(21)26)15-18-8-10-19(11-9-18)23(27)30-3/h4-14H,15-16H2,1-3H3. The Kier molecular flexibility index (Phi) is 5.31. The number of rotatable bonds is 5. The maximum atomic E-state index is 13.4. The highest BCUT2D eigenvalue weighted by Gasteiger charge is 2.44. The largest absolute Gasteiger partial charge is 0.465 e. The quantitative estimate of drug-likeness (QED) is 0.567. The number of esters is 1. The summed E-state index contributed by atoms with van der Waals surface area (Å²) in [6, 6.07) is 17.8. The minimum absolute atomic E-state index is 0.251. The molecule has 0 spiro atoms. The molecule has 7 heteroatoms. The maximum Gasteiger partial charge on any atom is 0.337 e. The average Bonchev–Trinajstić information content (AvgIpc) is 3.07. The van der Waals surface area contributed by atoms with E-state index in [0.717, 1.165) is 16.7 Å². The first-order chi connectivity index (χ1) is 14.7. The summed E-state index contributed by atoms with van der Waals surface area (Å²) < 4.78 is 33.0. The molecular weight excluding hydrogens is 412 g/mol. The van der Waals surface area contributed by atoms with Crippen molar-refractivity contribution in [3.05, 3.63) is 89.1 Å². The molecule has 2 aromatic carbocycles. The van der Waals surface area contributed by atoms with Crippen LogP contribution in [0.15, 0.2) is 71.8 Å². The molecule has 6 nitrogen and oxygen atoms in total. The van der Waals surface area contributed by atoms with Gasteiger partial charge in [0.25, 0.3) is 10.0 Å². The van der Waals surface area contributed by atoms with Gasteiger partial charge in [-0.1, -0.05) is 42.8 Å². The Morgan fingerprint density at radius 2 is 1.77 bits per heavy atom. The van der Waals surface area contributed by atoms with Gasteiger partial charge in [0.1, 0.15) is 5.82 Å². The lowest BCUT2D eigenvalue weighted by molar-refractivity contribution is 0.0600. The van der Waals surface area contributed by atoms with Gasteiger partial charge in [0.05, 0.1) is 17.6 Å². The van der Waals surface area contributed by atoms with Crippen LogP contribution in [0.5, 0.6) is 0 Å². The summed E-state index contributed by atoms with van der Waals surface area (Å²) in [7, 11) is -2.39. The molecule has 0 N–H and O–H groups in total. The van der Waals surface area contributed by atoms with Gasteiger partial charge in [-0.25, -0.2) is 22.5 Å². The molecule has 0 amide bonds. The van der Waals surface area contributed by atoms with E-state index in [2.05, 4.69) is 4.98 Å². The Morgan fingerprint density at radius 1 is 1.10 bits per heavy atom. The molecule has 0 saturated heterocycles. The van der Waals surface area contributed by atoms with Crippen molar-refractivity contribution in [2.75, 3.05) is 18.0 Å². The third-order valence-corrected chi connectivity index (χ3v) is 7.49.